The number of aryl methyl sites for hydroxylation is 1. The van der Waals surface area contributed by atoms with Crippen molar-refractivity contribution in [1.82, 2.24) is 24.7 Å². The molecule has 2 fully saturated rings. The molecule has 0 radical (unpaired) electrons. The number of piperidine rings is 1. The topological polar surface area (TPSA) is 88.9 Å². The lowest BCUT2D eigenvalue weighted by molar-refractivity contribution is -0.140. The molecule has 2 amide bonds. The minimum Gasteiger partial charge on any atom is -0.385 e. The molecule has 0 saturated carbocycles. The summed E-state index contributed by atoms with van der Waals surface area (Å²) in [5.41, 5.74) is 2.34. The molecule has 0 unspecified atom stereocenters. The first-order valence-electron chi connectivity index (χ1n) is 13.9. The first-order valence-corrected chi connectivity index (χ1v) is 13.9. The van der Waals surface area contributed by atoms with Crippen LogP contribution in [-0.4, -0.2) is 96.9 Å². The number of aromatic nitrogens is 2. The van der Waals surface area contributed by atoms with Gasteiger partial charge in [-0.2, -0.15) is 0 Å². The summed E-state index contributed by atoms with van der Waals surface area (Å²) >= 11 is 0. The molecular weight excluding hydrogens is 529 g/mol. The summed E-state index contributed by atoms with van der Waals surface area (Å²) in [6, 6.07) is -0.0284. The number of nitrogens with one attached hydrogen (secondary N) is 1. The van der Waals surface area contributed by atoms with E-state index in [4.69, 9.17) is 14.5 Å². The van der Waals surface area contributed by atoms with E-state index < -0.39 is 0 Å². The Morgan fingerprint density at radius 2 is 1.87 bits per heavy atom. The highest BCUT2D eigenvalue weighted by Gasteiger charge is 2.37. The number of unbranched alkanes of at least 4 members (excludes halogenated alkanes) is 1. The highest BCUT2D eigenvalue weighted by Crippen LogP contribution is 2.26. The normalized spacial score (nSPS) is 21.3. The zero-order valence-electron chi connectivity index (χ0n) is 23.3. The van der Waals surface area contributed by atoms with E-state index in [1.807, 2.05) is 9.80 Å². The number of ether oxygens (including phenoxy) is 2. The van der Waals surface area contributed by atoms with Crippen molar-refractivity contribution in [2.24, 2.45) is 11.8 Å². The zero-order valence-corrected chi connectivity index (χ0v) is 24.9. The largest absolute Gasteiger partial charge is 0.385 e. The summed E-state index contributed by atoms with van der Waals surface area (Å²) in [6.07, 6.45) is 6.84. The second kappa shape index (κ2) is 16.0. The maximum atomic E-state index is 14.2. The van der Waals surface area contributed by atoms with Gasteiger partial charge in [-0.25, -0.2) is 4.98 Å². The molecule has 3 aliphatic rings. The smallest absolute Gasteiger partial charge is 0.290 e. The molecule has 4 rings (SSSR count). The van der Waals surface area contributed by atoms with Gasteiger partial charge in [0.25, 0.3) is 5.91 Å². The van der Waals surface area contributed by atoms with Crippen LogP contribution in [0.5, 0.6) is 0 Å². The van der Waals surface area contributed by atoms with Gasteiger partial charge in [-0.15, -0.1) is 24.8 Å². The third-order valence-corrected chi connectivity index (χ3v) is 7.67. The van der Waals surface area contributed by atoms with Gasteiger partial charge < -0.3 is 29.2 Å². The molecule has 1 aromatic rings. The minimum atomic E-state index is -0.119. The fraction of sp³-hybridized carbons (Fsp3) is 0.815. The van der Waals surface area contributed by atoms with Crippen LogP contribution in [0.1, 0.15) is 68.0 Å². The van der Waals surface area contributed by atoms with Crippen LogP contribution in [0.2, 0.25) is 0 Å². The summed E-state index contributed by atoms with van der Waals surface area (Å²) in [7, 11) is 1.73. The fourth-order valence-electron chi connectivity index (χ4n) is 5.83. The molecule has 1 aliphatic carbocycles. The first-order chi connectivity index (χ1) is 17.5. The first kappa shape index (κ1) is 32.8. The molecule has 2 aliphatic heterocycles. The van der Waals surface area contributed by atoms with E-state index in [1.165, 1.54) is 5.69 Å². The number of hydrogen-bond acceptors (Lipinski definition) is 6. The lowest BCUT2D eigenvalue weighted by atomic mass is 9.92. The Morgan fingerprint density at radius 3 is 2.58 bits per heavy atom. The van der Waals surface area contributed by atoms with Crippen molar-refractivity contribution in [1.29, 1.82) is 0 Å². The van der Waals surface area contributed by atoms with Crippen molar-refractivity contribution >= 4 is 36.6 Å². The summed E-state index contributed by atoms with van der Waals surface area (Å²) in [5.74, 6) is 0.982. The number of imidazole rings is 1. The predicted molar refractivity (Wildman–Crippen MR) is 153 cm³/mol. The van der Waals surface area contributed by atoms with Crippen LogP contribution in [0.4, 0.5) is 0 Å². The van der Waals surface area contributed by atoms with Crippen LogP contribution in [-0.2, 0) is 33.7 Å². The predicted octanol–water partition coefficient (Wildman–Crippen LogP) is 2.97. The lowest BCUT2D eigenvalue weighted by Gasteiger charge is -2.40. The third-order valence-electron chi connectivity index (χ3n) is 7.67. The second-order valence-electron chi connectivity index (χ2n) is 10.9. The molecule has 218 valence electrons. The van der Waals surface area contributed by atoms with Crippen molar-refractivity contribution in [2.45, 2.75) is 71.4 Å². The van der Waals surface area contributed by atoms with Crippen LogP contribution >= 0.6 is 24.8 Å². The number of rotatable bonds is 10. The highest BCUT2D eigenvalue weighted by atomic mass is 35.5. The molecule has 11 heteroatoms. The van der Waals surface area contributed by atoms with Gasteiger partial charge in [0.1, 0.15) is 0 Å². The average molecular weight is 577 g/mol. The van der Waals surface area contributed by atoms with Crippen LogP contribution in [0.15, 0.2) is 0 Å². The van der Waals surface area contributed by atoms with E-state index in [9.17, 15) is 9.59 Å². The van der Waals surface area contributed by atoms with Gasteiger partial charge in [0, 0.05) is 64.7 Å². The van der Waals surface area contributed by atoms with E-state index >= 15 is 0 Å². The summed E-state index contributed by atoms with van der Waals surface area (Å²) < 4.78 is 12.9. The van der Waals surface area contributed by atoms with Crippen molar-refractivity contribution in [3.63, 3.8) is 0 Å². The molecule has 2 atom stereocenters. The number of amides is 2. The number of halogens is 2. The van der Waals surface area contributed by atoms with Crippen LogP contribution in [0.25, 0.3) is 0 Å². The molecule has 3 heterocycles. The Bertz CT molecular complexity index is 891. The van der Waals surface area contributed by atoms with Gasteiger partial charge in [0.2, 0.25) is 5.91 Å². The molecule has 9 nitrogen and oxygen atoms in total. The van der Waals surface area contributed by atoms with Gasteiger partial charge in [0.05, 0.1) is 24.8 Å². The zero-order chi connectivity index (χ0) is 25.5. The Kier molecular flexibility index (Phi) is 13.8. The fourth-order valence-corrected chi connectivity index (χ4v) is 5.83. The maximum Gasteiger partial charge on any atom is 0.290 e. The Labute approximate surface area is 240 Å². The maximum absolute atomic E-state index is 14.2. The van der Waals surface area contributed by atoms with E-state index in [2.05, 4.69) is 23.7 Å². The standard InChI is InChI=1S/C27H45N5O4.2ClH/c1-20(2)19-32(22-16-21(17-28-18-22)26(33)30-11-14-36-15-12-30)27(34)25-29-23-8-4-5-9-24(23)31(25)10-6-7-13-35-3;;/h20-22,28H,4-19H2,1-3H3;2*1H/t21-,22+;;/m1../s1. The van der Waals surface area contributed by atoms with E-state index in [1.54, 1.807) is 7.11 Å². The van der Waals surface area contributed by atoms with Gasteiger partial charge in [-0.1, -0.05) is 13.8 Å². The molecule has 0 spiro atoms. The number of hydrogen-bond donors (Lipinski definition) is 1. The second-order valence-corrected chi connectivity index (χ2v) is 10.9. The van der Waals surface area contributed by atoms with Crippen molar-refractivity contribution < 1.29 is 19.1 Å². The van der Waals surface area contributed by atoms with E-state index in [0.717, 1.165) is 57.4 Å². The molecule has 1 aromatic heterocycles. The minimum absolute atomic E-state index is 0. The monoisotopic (exact) mass is 575 g/mol. The SMILES string of the molecule is COCCCCn1c(C(=O)N(CC(C)C)[C@@H]2CNC[C@H](C(=O)N3CCOCC3)C2)nc2c1CCCC2.Cl.Cl. The van der Waals surface area contributed by atoms with Gasteiger partial charge >= 0.3 is 0 Å². The lowest BCUT2D eigenvalue weighted by Crippen LogP contribution is -2.56. The summed E-state index contributed by atoms with van der Waals surface area (Å²) in [5, 5.41) is 3.46. The van der Waals surface area contributed by atoms with Crippen molar-refractivity contribution in [3.8, 4) is 0 Å². The number of fused-ring (bicyclic) bond motifs is 1. The molecule has 0 bridgehead atoms. The molecule has 2 saturated heterocycles. The van der Waals surface area contributed by atoms with Crippen LogP contribution in [0.3, 0.4) is 0 Å². The third kappa shape index (κ3) is 8.07. The van der Waals surface area contributed by atoms with Crippen LogP contribution < -0.4 is 5.32 Å². The number of morpholine rings is 1. The van der Waals surface area contributed by atoms with Crippen LogP contribution in [0, 0.1) is 11.8 Å². The number of carbonyl (C=O) groups excluding carboxylic acids is 2. The van der Waals surface area contributed by atoms with E-state index in [-0.39, 0.29) is 48.6 Å². The number of carbonyl (C=O) groups is 2. The Balaban J connectivity index is 0.00000253. The Morgan fingerprint density at radius 1 is 1.13 bits per heavy atom. The number of methoxy groups -OCH3 is 1. The van der Waals surface area contributed by atoms with E-state index in [0.29, 0.717) is 64.1 Å². The number of nitrogens with zero attached hydrogens (tertiary/aromatic N) is 4. The average Bonchev–Trinajstić information content (AvgIpc) is 3.28. The van der Waals surface area contributed by atoms with Gasteiger partial charge in [-0.3, -0.25) is 9.59 Å². The van der Waals surface area contributed by atoms with Crippen molar-refractivity contribution in [2.75, 3.05) is 59.7 Å². The summed E-state index contributed by atoms with van der Waals surface area (Å²) in [4.78, 5) is 36.3. The van der Waals surface area contributed by atoms with Crippen molar-refractivity contribution in [3.05, 3.63) is 17.2 Å². The Hall–Kier alpha value is -1.39. The molecular formula is C27H47Cl2N5O4. The molecule has 0 aromatic carbocycles. The molecule has 1 N–H and O–H groups in total. The van der Waals surface area contributed by atoms with Gasteiger partial charge in [-0.05, 0) is 50.9 Å². The van der Waals surface area contributed by atoms with Gasteiger partial charge in [0.15, 0.2) is 5.82 Å². The summed E-state index contributed by atoms with van der Waals surface area (Å²) in [6.45, 7) is 10.4. The highest BCUT2D eigenvalue weighted by molar-refractivity contribution is 5.91. The molecule has 38 heavy (non-hydrogen) atoms. The quantitative estimate of drug-likeness (QED) is 0.431.